The van der Waals surface area contributed by atoms with Gasteiger partial charge in [-0.15, -0.1) is 0 Å². The van der Waals surface area contributed by atoms with Crippen molar-refractivity contribution in [3.05, 3.63) is 23.0 Å². The summed E-state index contributed by atoms with van der Waals surface area (Å²) in [5, 5.41) is 13.3. The number of aliphatic hydroxyl groups is 1. The molecule has 0 bridgehead atoms. The normalized spacial score (nSPS) is 22.3. The number of rotatable bonds is 4. The molecule has 1 heterocycles. The molecule has 19 heavy (non-hydrogen) atoms. The first-order chi connectivity index (χ1) is 9.11. The van der Waals surface area contributed by atoms with Gasteiger partial charge in [-0.1, -0.05) is 11.6 Å². The number of esters is 1. The number of nitrogens with one attached hydrogen (secondary N) is 1. The fourth-order valence-corrected chi connectivity index (χ4v) is 2.39. The van der Waals surface area contributed by atoms with E-state index >= 15 is 0 Å². The van der Waals surface area contributed by atoms with Gasteiger partial charge in [0.1, 0.15) is 10.7 Å². The lowest BCUT2D eigenvalue weighted by Gasteiger charge is -2.19. The smallest absolute Gasteiger partial charge is 0.341 e. The van der Waals surface area contributed by atoms with Gasteiger partial charge < -0.3 is 15.2 Å². The summed E-state index contributed by atoms with van der Waals surface area (Å²) < 4.78 is 4.98. The van der Waals surface area contributed by atoms with Crippen molar-refractivity contribution in [2.45, 2.75) is 38.3 Å². The number of anilines is 1. The van der Waals surface area contributed by atoms with Gasteiger partial charge in [-0.3, -0.25) is 0 Å². The molecular formula is C13H17ClN2O3. The Morgan fingerprint density at radius 3 is 3.05 bits per heavy atom. The van der Waals surface area contributed by atoms with Gasteiger partial charge in [0.05, 0.1) is 24.4 Å². The van der Waals surface area contributed by atoms with E-state index in [4.69, 9.17) is 16.3 Å². The maximum absolute atomic E-state index is 11.8. The minimum atomic E-state index is -0.443. The molecule has 1 aliphatic carbocycles. The fourth-order valence-electron chi connectivity index (χ4n) is 2.23. The standard InChI is InChI=1S/C13H17ClN2O3/c1-2-19-13(18)8-7-15-12(14)6-10(8)16-9-4-3-5-11(9)17/h6-7,9,11,17H,2-5H2,1H3,(H,15,16)/t9?,11-/m0/s1. The highest BCUT2D eigenvalue weighted by atomic mass is 35.5. The first-order valence-corrected chi connectivity index (χ1v) is 6.77. The summed E-state index contributed by atoms with van der Waals surface area (Å²) in [5.41, 5.74) is 0.898. The average molecular weight is 285 g/mol. The maximum atomic E-state index is 11.8. The number of pyridine rings is 1. The van der Waals surface area contributed by atoms with E-state index in [0.29, 0.717) is 23.0 Å². The monoisotopic (exact) mass is 284 g/mol. The van der Waals surface area contributed by atoms with Crippen molar-refractivity contribution < 1.29 is 14.6 Å². The van der Waals surface area contributed by atoms with Crippen molar-refractivity contribution in [1.82, 2.24) is 4.98 Å². The van der Waals surface area contributed by atoms with Crippen LogP contribution in [0.15, 0.2) is 12.3 Å². The van der Waals surface area contributed by atoms with Crippen molar-refractivity contribution in [2.75, 3.05) is 11.9 Å². The van der Waals surface area contributed by atoms with Crippen LogP contribution in [0.3, 0.4) is 0 Å². The zero-order valence-corrected chi connectivity index (χ0v) is 11.5. The molecule has 1 aliphatic rings. The average Bonchev–Trinajstić information content (AvgIpc) is 2.75. The molecule has 2 atom stereocenters. The Hall–Kier alpha value is -1.33. The van der Waals surface area contributed by atoms with Gasteiger partial charge in [0.15, 0.2) is 0 Å². The van der Waals surface area contributed by atoms with Gasteiger partial charge in [0.25, 0.3) is 0 Å². The van der Waals surface area contributed by atoms with E-state index < -0.39 is 12.1 Å². The van der Waals surface area contributed by atoms with Crippen LogP contribution in [0.5, 0.6) is 0 Å². The van der Waals surface area contributed by atoms with E-state index in [9.17, 15) is 9.90 Å². The molecule has 0 saturated heterocycles. The SMILES string of the molecule is CCOC(=O)c1cnc(Cl)cc1NC1CCC[C@@H]1O. The number of halogens is 1. The van der Waals surface area contributed by atoms with Crippen molar-refractivity contribution in [2.24, 2.45) is 0 Å². The number of nitrogens with zero attached hydrogens (tertiary/aromatic N) is 1. The molecular weight excluding hydrogens is 268 g/mol. The van der Waals surface area contributed by atoms with Crippen LogP contribution < -0.4 is 5.32 Å². The van der Waals surface area contributed by atoms with Crippen molar-refractivity contribution >= 4 is 23.3 Å². The highest BCUT2D eigenvalue weighted by molar-refractivity contribution is 6.29. The van der Waals surface area contributed by atoms with Crippen molar-refractivity contribution in [3.63, 3.8) is 0 Å². The molecule has 1 aromatic rings. The highest BCUT2D eigenvalue weighted by Gasteiger charge is 2.26. The van der Waals surface area contributed by atoms with Gasteiger partial charge in [-0.2, -0.15) is 0 Å². The highest BCUT2D eigenvalue weighted by Crippen LogP contribution is 2.26. The van der Waals surface area contributed by atoms with Crippen LogP contribution in [-0.4, -0.2) is 34.8 Å². The molecule has 0 spiro atoms. The number of aromatic nitrogens is 1. The third-order valence-electron chi connectivity index (χ3n) is 3.19. The number of carbonyl (C=O) groups is 1. The fraction of sp³-hybridized carbons (Fsp3) is 0.538. The summed E-state index contributed by atoms with van der Waals surface area (Å²) in [4.78, 5) is 15.7. The molecule has 5 nitrogen and oxygen atoms in total. The Kier molecular flexibility index (Phi) is 4.61. The second-order valence-electron chi connectivity index (χ2n) is 4.52. The van der Waals surface area contributed by atoms with Crippen molar-refractivity contribution in [3.8, 4) is 0 Å². The zero-order chi connectivity index (χ0) is 13.8. The molecule has 0 aromatic carbocycles. The molecule has 1 unspecified atom stereocenters. The van der Waals surface area contributed by atoms with E-state index in [2.05, 4.69) is 10.3 Å². The molecule has 1 fully saturated rings. The maximum Gasteiger partial charge on any atom is 0.341 e. The van der Waals surface area contributed by atoms with E-state index in [1.165, 1.54) is 6.20 Å². The molecule has 6 heteroatoms. The van der Waals surface area contributed by atoms with E-state index in [1.807, 2.05) is 0 Å². The molecule has 1 saturated carbocycles. The molecule has 1 aromatic heterocycles. The number of aliphatic hydroxyl groups excluding tert-OH is 1. The van der Waals surface area contributed by atoms with Crippen LogP contribution in [0.2, 0.25) is 5.15 Å². The number of hydrogen-bond acceptors (Lipinski definition) is 5. The quantitative estimate of drug-likeness (QED) is 0.655. The Morgan fingerprint density at radius 1 is 1.63 bits per heavy atom. The Bertz CT molecular complexity index is 467. The zero-order valence-electron chi connectivity index (χ0n) is 10.7. The third kappa shape index (κ3) is 3.36. The predicted octanol–water partition coefficient (Wildman–Crippen LogP) is 2.24. The van der Waals surface area contributed by atoms with E-state index in [-0.39, 0.29) is 6.04 Å². The van der Waals surface area contributed by atoms with Crippen molar-refractivity contribution in [1.29, 1.82) is 0 Å². The number of carbonyl (C=O) groups excluding carboxylic acids is 1. The topological polar surface area (TPSA) is 71.5 Å². The van der Waals surface area contributed by atoms with Crippen LogP contribution in [0.4, 0.5) is 5.69 Å². The summed E-state index contributed by atoms with van der Waals surface area (Å²) in [5.74, 6) is -0.443. The van der Waals surface area contributed by atoms with Gasteiger partial charge in [0.2, 0.25) is 0 Å². The summed E-state index contributed by atoms with van der Waals surface area (Å²) in [6, 6.07) is 1.52. The first-order valence-electron chi connectivity index (χ1n) is 6.39. The summed E-state index contributed by atoms with van der Waals surface area (Å²) in [7, 11) is 0. The van der Waals surface area contributed by atoms with Gasteiger partial charge >= 0.3 is 5.97 Å². The molecule has 2 N–H and O–H groups in total. The van der Waals surface area contributed by atoms with Crippen LogP contribution >= 0.6 is 11.6 Å². The number of ether oxygens (including phenoxy) is 1. The molecule has 104 valence electrons. The second kappa shape index (κ2) is 6.21. The first kappa shape index (κ1) is 14.1. The molecule has 0 amide bonds. The van der Waals surface area contributed by atoms with Crippen LogP contribution in [0.25, 0.3) is 0 Å². The van der Waals surface area contributed by atoms with Crippen LogP contribution in [-0.2, 0) is 4.74 Å². The summed E-state index contributed by atoms with van der Waals surface area (Å²) in [6.07, 6.45) is 3.59. The minimum Gasteiger partial charge on any atom is -0.462 e. The van der Waals surface area contributed by atoms with Crippen LogP contribution in [0.1, 0.15) is 36.5 Å². The van der Waals surface area contributed by atoms with Gasteiger partial charge in [-0.25, -0.2) is 9.78 Å². The third-order valence-corrected chi connectivity index (χ3v) is 3.39. The lowest BCUT2D eigenvalue weighted by molar-refractivity contribution is 0.0526. The Labute approximate surface area is 116 Å². The summed E-state index contributed by atoms with van der Waals surface area (Å²) in [6.45, 7) is 2.04. The second-order valence-corrected chi connectivity index (χ2v) is 4.91. The lowest BCUT2D eigenvalue weighted by Crippen LogP contribution is -2.29. The molecule has 0 aliphatic heterocycles. The minimum absolute atomic E-state index is 0.0633. The largest absolute Gasteiger partial charge is 0.462 e. The van der Waals surface area contributed by atoms with Gasteiger partial charge in [-0.05, 0) is 32.3 Å². The lowest BCUT2D eigenvalue weighted by atomic mass is 10.1. The van der Waals surface area contributed by atoms with Gasteiger partial charge in [0, 0.05) is 6.20 Å². The van der Waals surface area contributed by atoms with E-state index in [1.54, 1.807) is 13.0 Å². The van der Waals surface area contributed by atoms with E-state index in [0.717, 1.165) is 19.3 Å². The van der Waals surface area contributed by atoms with Crippen LogP contribution in [0, 0.1) is 0 Å². The Balaban J connectivity index is 2.21. The Morgan fingerprint density at radius 2 is 2.42 bits per heavy atom. The number of hydrogen-bond donors (Lipinski definition) is 2. The molecule has 0 radical (unpaired) electrons. The molecule has 2 rings (SSSR count). The predicted molar refractivity (Wildman–Crippen MR) is 72.5 cm³/mol. The summed E-state index contributed by atoms with van der Waals surface area (Å²) >= 11 is 5.85.